The number of carbonyl (C=O) groups excluding carboxylic acids is 1. The minimum atomic E-state index is -3.61. The van der Waals surface area contributed by atoms with Gasteiger partial charge in [-0.1, -0.05) is 6.58 Å². The standard InChI is InChI=1S/C3H5NO.CH7O3P/c1-2-3(4)5;1-5(2,3)4/h2H,1H2,(H2,4,5);2-5H,1H3. The number of nitrogens with two attached hydrogens (primary N) is 1. The molecule has 0 atom stereocenters. The molecule has 0 aromatic carbocycles. The van der Waals surface area contributed by atoms with E-state index in [1.807, 2.05) is 0 Å². The number of amides is 1. The Kier molecular flexibility index (Phi) is 6.50. The molecule has 0 unspecified atom stereocenters. The van der Waals surface area contributed by atoms with Gasteiger partial charge in [-0.3, -0.25) is 4.79 Å². The van der Waals surface area contributed by atoms with Crippen LogP contribution in [0, 0.1) is 0 Å². The first-order chi connectivity index (χ1) is 4.27. The van der Waals surface area contributed by atoms with Crippen molar-refractivity contribution in [1.29, 1.82) is 0 Å². The molecular weight excluding hydrogens is 157 g/mol. The number of hydrogen-bond donors (Lipinski definition) is 4. The van der Waals surface area contributed by atoms with Crippen molar-refractivity contribution in [2.24, 2.45) is 5.73 Å². The van der Waals surface area contributed by atoms with Gasteiger partial charge in [0, 0.05) is 0 Å². The zero-order valence-corrected chi connectivity index (χ0v) is 6.61. The van der Waals surface area contributed by atoms with E-state index in [4.69, 9.17) is 14.7 Å². The molecule has 0 saturated carbocycles. The molecule has 0 aromatic rings. The summed E-state index contributed by atoms with van der Waals surface area (Å²) >= 11 is 0. The third kappa shape index (κ3) is 138. The third-order valence-corrected chi connectivity index (χ3v) is 0.201. The summed E-state index contributed by atoms with van der Waals surface area (Å²) in [5.74, 6) is -0.481. The van der Waals surface area contributed by atoms with Gasteiger partial charge in [-0.15, -0.1) is 0 Å². The summed E-state index contributed by atoms with van der Waals surface area (Å²) in [7, 11) is -3.61. The van der Waals surface area contributed by atoms with Crippen LogP contribution in [-0.2, 0) is 4.79 Å². The Labute approximate surface area is 59.4 Å². The monoisotopic (exact) mass is 169 g/mol. The Balaban J connectivity index is 0. The van der Waals surface area contributed by atoms with Crippen molar-refractivity contribution < 1.29 is 19.5 Å². The molecule has 0 aliphatic carbocycles. The molecule has 5 N–H and O–H groups in total. The van der Waals surface area contributed by atoms with E-state index >= 15 is 0 Å². The summed E-state index contributed by atoms with van der Waals surface area (Å²) in [4.78, 5) is 32.8. The second kappa shape index (κ2) is 5.32. The van der Waals surface area contributed by atoms with Crippen LogP contribution in [0.1, 0.15) is 0 Å². The van der Waals surface area contributed by atoms with Gasteiger partial charge in [0.05, 0.1) is 0 Å². The van der Waals surface area contributed by atoms with E-state index in [2.05, 4.69) is 12.3 Å². The summed E-state index contributed by atoms with van der Waals surface area (Å²) < 4.78 is 0. The molecule has 6 heteroatoms. The van der Waals surface area contributed by atoms with Crippen molar-refractivity contribution in [2.45, 2.75) is 0 Å². The Morgan fingerprint density at radius 1 is 1.60 bits per heavy atom. The second-order valence-electron chi connectivity index (χ2n) is 1.58. The molecular formula is C4H12NO4P. The molecule has 5 nitrogen and oxygen atoms in total. The fourth-order valence-electron chi connectivity index (χ4n) is 0. The van der Waals surface area contributed by atoms with Crippen LogP contribution in [0.3, 0.4) is 0 Å². The van der Waals surface area contributed by atoms with Gasteiger partial charge in [-0.2, -0.15) is 0 Å². The van der Waals surface area contributed by atoms with Crippen LogP contribution in [0.25, 0.3) is 0 Å². The average Bonchev–Trinajstić information content (AvgIpc) is 1.61. The number of hydrogen-bond acceptors (Lipinski definition) is 4. The zero-order chi connectivity index (χ0) is 8.78. The van der Waals surface area contributed by atoms with Gasteiger partial charge in [-0.25, -0.2) is 0 Å². The minimum absolute atomic E-state index is 0.481. The first-order valence-electron chi connectivity index (χ1n) is 2.36. The van der Waals surface area contributed by atoms with Crippen molar-refractivity contribution in [3.8, 4) is 0 Å². The van der Waals surface area contributed by atoms with Crippen LogP contribution >= 0.6 is 7.94 Å². The molecule has 0 rings (SSSR count). The molecule has 0 fully saturated rings. The van der Waals surface area contributed by atoms with Gasteiger partial charge >= 0.3 is 29.3 Å². The number of primary amides is 1. The maximum atomic E-state index is 9.47. The first-order valence-corrected chi connectivity index (χ1v) is 4.70. The van der Waals surface area contributed by atoms with Gasteiger partial charge in [0.25, 0.3) is 0 Å². The first kappa shape index (κ1) is 12.2. The predicted molar refractivity (Wildman–Crippen MR) is 40.3 cm³/mol. The summed E-state index contributed by atoms with van der Waals surface area (Å²) in [5.41, 5.74) is 4.53. The summed E-state index contributed by atoms with van der Waals surface area (Å²) in [6.45, 7) is 4.08. The normalized spacial score (nSPS) is 10.8. The Morgan fingerprint density at radius 2 is 1.70 bits per heavy atom. The van der Waals surface area contributed by atoms with Gasteiger partial charge in [-0.05, 0) is 6.08 Å². The molecule has 1 amide bonds. The van der Waals surface area contributed by atoms with Gasteiger partial charge < -0.3 is 5.73 Å². The van der Waals surface area contributed by atoms with E-state index in [1.54, 1.807) is 0 Å². The van der Waals surface area contributed by atoms with Crippen molar-refractivity contribution in [2.75, 3.05) is 6.66 Å². The summed E-state index contributed by atoms with van der Waals surface area (Å²) in [6, 6.07) is 0. The maximum absolute atomic E-state index is 9.47. The summed E-state index contributed by atoms with van der Waals surface area (Å²) in [5, 5.41) is 0. The number of rotatable bonds is 1. The molecule has 0 heterocycles. The van der Waals surface area contributed by atoms with Crippen molar-refractivity contribution in [3.05, 3.63) is 12.7 Å². The quantitative estimate of drug-likeness (QED) is 0.290. The van der Waals surface area contributed by atoms with E-state index in [1.165, 1.54) is 0 Å². The van der Waals surface area contributed by atoms with E-state index in [0.29, 0.717) is 0 Å². The molecule has 0 saturated heterocycles. The van der Waals surface area contributed by atoms with Crippen LogP contribution in [0.4, 0.5) is 0 Å². The van der Waals surface area contributed by atoms with E-state index in [9.17, 15) is 4.79 Å². The van der Waals surface area contributed by atoms with Crippen molar-refractivity contribution in [1.82, 2.24) is 0 Å². The molecule has 0 radical (unpaired) electrons. The molecule has 62 valence electrons. The van der Waals surface area contributed by atoms with Gasteiger partial charge in [0.15, 0.2) is 0 Å². The Hall–Kier alpha value is -0.480. The molecule has 0 spiro atoms. The second-order valence-corrected chi connectivity index (χ2v) is 3.52. The molecule has 0 aromatic heterocycles. The van der Waals surface area contributed by atoms with Crippen LogP contribution in [0.15, 0.2) is 12.7 Å². The van der Waals surface area contributed by atoms with Crippen LogP contribution in [0.2, 0.25) is 0 Å². The fraction of sp³-hybridized carbons (Fsp3) is 0.250. The zero-order valence-electron chi connectivity index (χ0n) is 5.61. The molecule has 0 bridgehead atoms. The average molecular weight is 169 g/mol. The third-order valence-electron chi connectivity index (χ3n) is 0.201. The predicted octanol–water partition coefficient (Wildman–Crippen LogP) is -1.25. The van der Waals surface area contributed by atoms with Gasteiger partial charge in [0.2, 0.25) is 5.91 Å². The van der Waals surface area contributed by atoms with Crippen molar-refractivity contribution in [3.63, 3.8) is 0 Å². The van der Waals surface area contributed by atoms with E-state index in [0.717, 1.165) is 12.7 Å². The van der Waals surface area contributed by atoms with E-state index in [-0.39, 0.29) is 0 Å². The topological polar surface area (TPSA) is 104 Å². The molecule has 0 aliphatic heterocycles. The van der Waals surface area contributed by atoms with Crippen molar-refractivity contribution >= 4 is 13.9 Å². The van der Waals surface area contributed by atoms with E-state index < -0.39 is 13.9 Å². The van der Waals surface area contributed by atoms with Crippen LogP contribution in [0.5, 0.6) is 0 Å². The van der Waals surface area contributed by atoms with Gasteiger partial charge in [0.1, 0.15) is 0 Å². The Bertz CT molecular complexity index is 113. The SMILES string of the molecule is C=CC(N)=O.C[PH](O)(O)O. The summed E-state index contributed by atoms with van der Waals surface area (Å²) in [6.07, 6.45) is 1.06. The van der Waals surface area contributed by atoms with Crippen LogP contribution < -0.4 is 5.73 Å². The molecule has 10 heavy (non-hydrogen) atoms. The van der Waals surface area contributed by atoms with Crippen LogP contribution in [-0.4, -0.2) is 27.3 Å². The Morgan fingerprint density at radius 3 is 1.70 bits per heavy atom. The fourth-order valence-corrected chi connectivity index (χ4v) is 0. The number of carbonyl (C=O) groups is 1. The molecule has 0 aliphatic rings.